The largest absolute Gasteiger partial charge is 0.466 e. The molecule has 2 heterocycles. The zero-order valence-electron chi connectivity index (χ0n) is 12.7. The summed E-state index contributed by atoms with van der Waals surface area (Å²) in [6, 6.07) is 6.02. The topological polar surface area (TPSA) is 54.3 Å². The van der Waals surface area contributed by atoms with E-state index in [-0.39, 0.29) is 5.91 Å². The van der Waals surface area contributed by atoms with Gasteiger partial charge in [-0.2, -0.15) is 0 Å². The number of rotatable bonds is 2. The minimum Gasteiger partial charge on any atom is -0.466 e. The fourth-order valence-corrected chi connectivity index (χ4v) is 2.87. The van der Waals surface area contributed by atoms with Crippen LogP contribution in [0.3, 0.4) is 0 Å². The lowest BCUT2D eigenvalue weighted by molar-refractivity contribution is 0.102. The Morgan fingerprint density at radius 1 is 1.24 bits per heavy atom. The lowest BCUT2D eigenvalue weighted by Gasteiger charge is -2.18. The average Bonchev–Trinajstić information content (AvgIpc) is 2.72. The van der Waals surface area contributed by atoms with E-state index in [1.165, 1.54) is 11.3 Å². The van der Waals surface area contributed by atoms with Gasteiger partial charge in [-0.25, -0.2) is 0 Å². The molecule has 1 aliphatic rings. The number of hydrogen-bond donors (Lipinski definition) is 2. The first-order valence-electron chi connectivity index (χ1n) is 7.31. The molecule has 1 aromatic heterocycles. The Balaban J connectivity index is 1.84. The number of hydrogen-bond acceptors (Lipinski definition) is 3. The first-order valence-corrected chi connectivity index (χ1v) is 7.31. The number of fused-ring (bicyclic) bond motifs is 1. The summed E-state index contributed by atoms with van der Waals surface area (Å²) in [6.07, 6.45) is 2.18. The maximum absolute atomic E-state index is 12.5. The number of carbonyl (C=O) groups excluding carboxylic acids is 1. The van der Waals surface area contributed by atoms with Gasteiger partial charge in [0.05, 0.1) is 5.56 Å². The van der Waals surface area contributed by atoms with Gasteiger partial charge in [-0.05, 0) is 57.4 Å². The fourth-order valence-electron chi connectivity index (χ4n) is 2.87. The standard InChI is InChI=1S/C17H20N2O2/c1-10-11(2)21-12(3)16(10)17(20)19-14-6-7-15-13(9-14)5-4-8-18-15/h6-7,9,18H,4-5,8H2,1-3H3,(H,19,20). The van der Waals surface area contributed by atoms with Crippen molar-refractivity contribution in [2.24, 2.45) is 0 Å². The van der Waals surface area contributed by atoms with Crippen LogP contribution in [-0.2, 0) is 6.42 Å². The van der Waals surface area contributed by atoms with Gasteiger partial charge in [0.2, 0.25) is 0 Å². The quantitative estimate of drug-likeness (QED) is 0.881. The molecule has 1 amide bonds. The smallest absolute Gasteiger partial charge is 0.259 e. The van der Waals surface area contributed by atoms with Gasteiger partial charge in [0.15, 0.2) is 0 Å². The van der Waals surface area contributed by atoms with Gasteiger partial charge in [0.1, 0.15) is 11.5 Å². The van der Waals surface area contributed by atoms with E-state index in [9.17, 15) is 4.79 Å². The third-order valence-electron chi connectivity index (χ3n) is 4.09. The van der Waals surface area contributed by atoms with Crippen LogP contribution in [0.15, 0.2) is 22.6 Å². The van der Waals surface area contributed by atoms with E-state index in [0.717, 1.165) is 36.4 Å². The molecule has 0 radical (unpaired) electrons. The number of nitrogens with one attached hydrogen (secondary N) is 2. The summed E-state index contributed by atoms with van der Waals surface area (Å²) in [4.78, 5) is 12.5. The van der Waals surface area contributed by atoms with Crippen LogP contribution in [0.2, 0.25) is 0 Å². The maximum atomic E-state index is 12.5. The highest BCUT2D eigenvalue weighted by molar-refractivity contribution is 6.06. The Labute approximate surface area is 124 Å². The highest BCUT2D eigenvalue weighted by Gasteiger charge is 2.19. The van der Waals surface area contributed by atoms with E-state index in [4.69, 9.17) is 4.42 Å². The molecule has 0 unspecified atom stereocenters. The van der Waals surface area contributed by atoms with Crippen molar-refractivity contribution in [3.8, 4) is 0 Å². The molecule has 2 aromatic rings. The van der Waals surface area contributed by atoms with Crippen molar-refractivity contribution in [1.29, 1.82) is 0 Å². The van der Waals surface area contributed by atoms with Crippen LogP contribution >= 0.6 is 0 Å². The zero-order chi connectivity index (χ0) is 15.0. The zero-order valence-corrected chi connectivity index (χ0v) is 12.7. The van der Waals surface area contributed by atoms with Gasteiger partial charge in [-0.1, -0.05) is 0 Å². The molecule has 0 atom stereocenters. The third-order valence-corrected chi connectivity index (χ3v) is 4.09. The van der Waals surface area contributed by atoms with E-state index in [1.807, 2.05) is 32.9 Å². The van der Waals surface area contributed by atoms with Crippen LogP contribution in [-0.4, -0.2) is 12.5 Å². The van der Waals surface area contributed by atoms with Crippen LogP contribution < -0.4 is 10.6 Å². The molecule has 4 nitrogen and oxygen atoms in total. The maximum Gasteiger partial charge on any atom is 0.259 e. The summed E-state index contributed by atoms with van der Waals surface area (Å²) < 4.78 is 5.52. The average molecular weight is 284 g/mol. The van der Waals surface area contributed by atoms with Crippen LogP contribution in [0, 0.1) is 20.8 Å². The molecule has 3 rings (SSSR count). The molecule has 4 heteroatoms. The molecule has 0 bridgehead atoms. The highest BCUT2D eigenvalue weighted by Crippen LogP contribution is 2.26. The van der Waals surface area contributed by atoms with Gasteiger partial charge in [-0.3, -0.25) is 4.79 Å². The van der Waals surface area contributed by atoms with Crippen molar-refractivity contribution in [3.63, 3.8) is 0 Å². The lowest BCUT2D eigenvalue weighted by atomic mass is 10.0. The molecule has 1 aromatic carbocycles. The van der Waals surface area contributed by atoms with Crippen LogP contribution in [0.4, 0.5) is 11.4 Å². The van der Waals surface area contributed by atoms with E-state index in [1.54, 1.807) is 0 Å². The van der Waals surface area contributed by atoms with Gasteiger partial charge >= 0.3 is 0 Å². The first-order chi connectivity index (χ1) is 10.1. The monoisotopic (exact) mass is 284 g/mol. The Morgan fingerprint density at radius 3 is 2.76 bits per heavy atom. The summed E-state index contributed by atoms with van der Waals surface area (Å²) in [5, 5.41) is 6.35. The summed E-state index contributed by atoms with van der Waals surface area (Å²) >= 11 is 0. The molecule has 0 spiro atoms. The molecule has 1 aliphatic heterocycles. The number of furan rings is 1. The third kappa shape index (κ3) is 2.53. The van der Waals surface area contributed by atoms with E-state index >= 15 is 0 Å². The Kier molecular flexibility index (Phi) is 3.45. The molecule has 0 aliphatic carbocycles. The molecule has 0 fully saturated rings. The molecular formula is C17H20N2O2. The van der Waals surface area contributed by atoms with E-state index < -0.39 is 0 Å². The summed E-state index contributed by atoms with van der Waals surface area (Å²) in [5.41, 5.74) is 4.81. The number of benzene rings is 1. The van der Waals surface area contributed by atoms with E-state index in [0.29, 0.717) is 11.3 Å². The minimum absolute atomic E-state index is 0.106. The number of carbonyl (C=O) groups is 1. The molecule has 2 N–H and O–H groups in total. The minimum atomic E-state index is -0.106. The van der Waals surface area contributed by atoms with Crippen LogP contribution in [0.25, 0.3) is 0 Å². The van der Waals surface area contributed by atoms with Gasteiger partial charge in [0.25, 0.3) is 5.91 Å². The summed E-state index contributed by atoms with van der Waals surface area (Å²) in [7, 11) is 0. The fraction of sp³-hybridized carbons (Fsp3) is 0.353. The van der Waals surface area contributed by atoms with Gasteiger partial charge in [0, 0.05) is 23.5 Å². The molecule has 0 saturated carbocycles. The predicted molar refractivity (Wildman–Crippen MR) is 84.1 cm³/mol. The lowest BCUT2D eigenvalue weighted by Crippen LogP contribution is -2.15. The van der Waals surface area contributed by atoms with Crippen molar-refractivity contribution in [2.75, 3.05) is 17.2 Å². The van der Waals surface area contributed by atoms with Crippen molar-refractivity contribution in [2.45, 2.75) is 33.6 Å². The van der Waals surface area contributed by atoms with Crippen molar-refractivity contribution in [1.82, 2.24) is 0 Å². The number of aryl methyl sites for hydroxylation is 3. The Hall–Kier alpha value is -2.23. The molecular weight excluding hydrogens is 264 g/mol. The van der Waals surface area contributed by atoms with Crippen LogP contribution in [0.5, 0.6) is 0 Å². The van der Waals surface area contributed by atoms with Crippen molar-refractivity contribution < 1.29 is 9.21 Å². The van der Waals surface area contributed by atoms with Crippen molar-refractivity contribution >= 4 is 17.3 Å². The number of anilines is 2. The second-order valence-corrected chi connectivity index (χ2v) is 5.57. The molecule has 21 heavy (non-hydrogen) atoms. The van der Waals surface area contributed by atoms with Gasteiger partial charge in [-0.15, -0.1) is 0 Å². The SMILES string of the molecule is Cc1oc(C)c(C(=O)Nc2ccc3c(c2)CCCN3)c1C. The van der Waals surface area contributed by atoms with E-state index in [2.05, 4.69) is 16.7 Å². The van der Waals surface area contributed by atoms with Crippen LogP contribution in [0.1, 0.15) is 39.4 Å². The predicted octanol–water partition coefficient (Wildman–Crippen LogP) is 3.82. The summed E-state index contributed by atoms with van der Waals surface area (Å²) in [6.45, 7) is 6.64. The highest BCUT2D eigenvalue weighted by atomic mass is 16.3. The van der Waals surface area contributed by atoms with Gasteiger partial charge < -0.3 is 15.1 Å². The normalized spacial score (nSPS) is 13.5. The second kappa shape index (κ2) is 5.28. The second-order valence-electron chi connectivity index (χ2n) is 5.57. The first kappa shape index (κ1) is 13.7. The molecule has 110 valence electrons. The summed E-state index contributed by atoms with van der Waals surface area (Å²) in [5.74, 6) is 1.36. The number of amides is 1. The van der Waals surface area contributed by atoms with Crippen molar-refractivity contribution in [3.05, 3.63) is 46.4 Å². The Bertz CT molecular complexity index is 701. The Morgan fingerprint density at radius 2 is 2.05 bits per heavy atom. The molecule has 0 saturated heterocycles.